The van der Waals surface area contributed by atoms with E-state index >= 15 is 0 Å². The van der Waals surface area contributed by atoms with Gasteiger partial charge in [-0.2, -0.15) is 5.26 Å². The van der Waals surface area contributed by atoms with Crippen molar-refractivity contribution in [3.63, 3.8) is 0 Å². The van der Waals surface area contributed by atoms with Crippen LogP contribution in [0.1, 0.15) is 0 Å². The van der Waals surface area contributed by atoms with Crippen LogP contribution in [0.5, 0.6) is 0 Å². The van der Waals surface area contributed by atoms with E-state index in [0.29, 0.717) is 6.54 Å². The lowest BCUT2D eigenvalue weighted by atomic mass is 10.3. The third-order valence-electron chi connectivity index (χ3n) is 0.847. The summed E-state index contributed by atoms with van der Waals surface area (Å²) in [6.07, 6.45) is 1.64. The normalized spacial score (nSPS) is 12.0. The SMILES string of the molecule is C=CCNC(C#N)CO. The highest BCUT2D eigenvalue weighted by Gasteiger charge is 1.99. The van der Waals surface area contributed by atoms with Gasteiger partial charge < -0.3 is 5.11 Å². The monoisotopic (exact) mass is 126 g/mol. The zero-order valence-corrected chi connectivity index (χ0v) is 5.17. The molecule has 3 heteroatoms. The predicted octanol–water partition coefficient (Wildman–Crippen LogP) is -0.354. The predicted molar refractivity (Wildman–Crippen MR) is 34.7 cm³/mol. The van der Waals surface area contributed by atoms with Crippen LogP contribution in [0, 0.1) is 11.3 Å². The average Bonchev–Trinajstić information content (AvgIpc) is 1.91. The van der Waals surface area contributed by atoms with Crippen molar-refractivity contribution in [1.82, 2.24) is 5.32 Å². The van der Waals surface area contributed by atoms with Gasteiger partial charge in [-0.05, 0) is 0 Å². The molecule has 0 bridgehead atoms. The Morgan fingerprint density at radius 3 is 2.89 bits per heavy atom. The molecular weight excluding hydrogens is 116 g/mol. The summed E-state index contributed by atoms with van der Waals surface area (Å²) in [6, 6.07) is 1.42. The number of hydrogen-bond acceptors (Lipinski definition) is 3. The molecule has 0 radical (unpaired) electrons. The van der Waals surface area contributed by atoms with E-state index in [0.717, 1.165) is 0 Å². The molecule has 0 aliphatic rings. The van der Waals surface area contributed by atoms with E-state index in [1.807, 2.05) is 6.07 Å². The molecule has 1 atom stereocenters. The smallest absolute Gasteiger partial charge is 0.119 e. The molecule has 50 valence electrons. The van der Waals surface area contributed by atoms with Gasteiger partial charge in [0, 0.05) is 6.54 Å². The molecule has 0 saturated carbocycles. The van der Waals surface area contributed by atoms with Crippen LogP contribution in [0.3, 0.4) is 0 Å². The fourth-order valence-corrected chi connectivity index (χ4v) is 0.377. The van der Waals surface area contributed by atoms with Gasteiger partial charge in [-0.3, -0.25) is 5.32 Å². The summed E-state index contributed by atoms with van der Waals surface area (Å²) >= 11 is 0. The first-order valence-electron chi connectivity index (χ1n) is 2.70. The van der Waals surface area contributed by atoms with Crippen molar-refractivity contribution in [2.24, 2.45) is 0 Å². The van der Waals surface area contributed by atoms with Gasteiger partial charge in [0.25, 0.3) is 0 Å². The van der Waals surface area contributed by atoms with Crippen molar-refractivity contribution in [2.75, 3.05) is 13.2 Å². The highest BCUT2D eigenvalue weighted by molar-refractivity contribution is 4.90. The standard InChI is InChI=1S/C6H10N2O/c1-2-3-8-6(4-7)5-9/h2,6,8-9H,1,3,5H2. The van der Waals surface area contributed by atoms with Crippen LogP contribution >= 0.6 is 0 Å². The van der Waals surface area contributed by atoms with Crippen LogP contribution in [0.4, 0.5) is 0 Å². The van der Waals surface area contributed by atoms with Crippen molar-refractivity contribution in [2.45, 2.75) is 6.04 Å². The Morgan fingerprint density at radius 1 is 1.89 bits per heavy atom. The largest absolute Gasteiger partial charge is 0.394 e. The summed E-state index contributed by atoms with van der Waals surface area (Å²) < 4.78 is 0. The van der Waals surface area contributed by atoms with Gasteiger partial charge in [0.2, 0.25) is 0 Å². The lowest BCUT2D eigenvalue weighted by Crippen LogP contribution is -2.30. The van der Waals surface area contributed by atoms with E-state index in [2.05, 4.69) is 11.9 Å². The molecule has 0 aliphatic carbocycles. The van der Waals surface area contributed by atoms with Crippen LogP contribution in [0.15, 0.2) is 12.7 Å². The quantitative estimate of drug-likeness (QED) is 0.506. The van der Waals surface area contributed by atoms with Gasteiger partial charge in [-0.25, -0.2) is 0 Å². The maximum absolute atomic E-state index is 8.43. The molecule has 3 nitrogen and oxygen atoms in total. The van der Waals surface area contributed by atoms with Crippen LogP contribution in [0.25, 0.3) is 0 Å². The molecular formula is C6H10N2O. The maximum Gasteiger partial charge on any atom is 0.119 e. The first-order valence-corrected chi connectivity index (χ1v) is 2.70. The Kier molecular flexibility index (Phi) is 4.79. The summed E-state index contributed by atoms with van der Waals surface area (Å²) in [5, 5.41) is 19.4. The van der Waals surface area contributed by atoms with E-state index < -0.39 is 6.04 Å². The summed E-state index contributed by atoms with van der Waals surface area (Å²) in [6.45, 7) is 3.85. The van der Waals surface area contributed by atoms with Crippen molar-refractivity contribution in [1.29, 1.82) is 5.26 Å². The summed E-state index contributed by atoms with van der Waals surface area (Å²) in [5.74, 6) is 0. The van der Waals surface area contributed by atoms with Gasteiger partial charge in [-0.1, -0.05) is 6.08 Å². The lowest BCUT2D eigenvalue weighted by Gasteiger charge is -2.03. The highest BCUT2D eigenvalue weighted by atomic mass is 16.3. The Labute approximate surface area is 54.6 Å². The number of nitriles is 1. The molecule has 0 saturated heterocycles. The Morgan fingerprint density at radius 2 is 2.56 bits per heavy atom. The first-order chi connectivity index (χ1) is 4.35. The van der Waals surface area contributed by atoms with Gasteiger partial charge >= 0.3 is 0 Å². The third kappa shape index (κ3) is 3.71. The molecule has 0 aromatic heterocycles. The van der Waals surface area contributed by atoms with E-state index in [1.165, 1.54) is 0 Å². The summed E-state index contributed by atoms with van der Waals surface area (Å²) in [7, 11) is 0. The molecule has 0 heterocycles. The van der Waals surface area contributed by atoms with Crippen molar-refractivity contribution < 1.29 is 5.11 Å². The molecule has 0 spiro atoms. The Balaban J connectivity index is 3.34. The highest BCUT2D eigenvalue weighted by Crippen LogP contribution is 1.75. The number of hydrogen-bond donors (Lipinski definition) is 2. The van der Waals surface area contributed by atoms with Gasteiger partial charge in [0.15, 0.2) is 0 Å². The van der Waals surface area contributed by atoms with E-state index in [-0.39, 0.29) is 6.61 Å². The van der Waals surface area contributed by atoms with E-state index in [9.17, 15) is 0 Å². The molecule has 0 aliphatic heterocycles. The maximum atomic E-state index is 8.43. The van der Waals surface area contributed by atoms with Crippen LogP contribution in [-0.2, 0) is 0 Å². The van der Waals surface area contributed by atoms with Crippen LogP contribution in [-0.4, -0.2) is 24.3 Å². The number of aliphatic hydroxyl groups is 1. The minimum absolute atomic E-state index is 0.148. The van der Waals surface area contributed by atoms with Gasteiger partial charge in [-0.15, -0.1) is 6.58 Å². The summed E-state index contributed by atoms with van der Waals surface area (Å²) in [4.78, 5) is 0. The minimum Gasteiger partial charge on any atom is -0.394 e. The third-order valence-corrected chi connectivity index (χ3v) is 0.847. The fraction of sp³-hybridized carbons (Fsp3) is 0.500. The number of aliphatic hydroxyl groups excluding tert-OH is 1. The van der Waals surface area contributed by atoms with Crippen molar-refractivity contribution >= 4 is 0 Å². The molecule has 0 aromatic rings. The zero-order chi connectivity index (χ0) is 7.11. The minimum atomic E-state index is -0.456. The number of nitrogens with one attached hydrogen (secondary N) is 1. The molecule has 1 unspecified atom stereocenters. The number of rotatable bonds is 4. The average molecular weight is 126 g/mol. The molecule has 9 heavy (non-hydrogen) atoms. The van der Waals surface area contributed by atoms with Crippen LogP contribution in [0.2, 0.25) is 0 Å². The Bertz CT molecular complexity index is 117. The van der Waals surface area contributed by atoms with Crippen molar-refractivity contribution in [3.8, 4) is 6.07 Å². The molecule has 0 rings (SSSR count). The van der Waals surface area contributed by atoms with Gasteiger partial charge in [0.05, 0.1) is 12.7 Å². The summed E-state index contributed by atoms with van der Waals surface area (Å²) in [5.41, 5.74) is 0. The second kappa shape index (κ2) is 5.29. The Hall–Kier alpha value is -0.850. The lowest BCUT2D eigenvalue weighted by molar-refractivity contribution is 0.270. The van der Waals surface area contributed by atoms with Crippen LogP contribution < -0.4 is 5.32 Å². The second-order valence-electron chi connectivity index (χ2n) is 1.56. The number of nitrogens with zero attached hydrogens (tertiary/aromatic N) is 1. The first kappa shape index (κ1) is 8.15. The van der Waals surface area contributed by atoms with E-state index in [1.54, 1.807) is 6.08 Å². The molecule has 0 fully saturated rings. The molecule has 0 amide bonds. The molecule has 0 aromatic carbocycles. The second-order valence-corrected chi connectivity index (χ2v) is 1.56. The fourth-order valence-electron chi connectivity index (χ4n) is 0.377. The topological polar surface area (TPSA) is 56.0 Å². The van der Waals surface area contributed by atoms with Gasteiger partial charge in [0.1, 0.15) is 6.04 Å². The zero-order valence-electron chi connectivity index (χ0n) is 5.17. The molecule has 2 N–H and O–H groups in total. The van der Waals surface area contributed by atoms with E-state index in [4.69, 9.17) is 10.4 Å². The van der Waals surface area contributed by atoms with Crippen molar-refractivity contribution in [3.05, 3.63) is 12.7 Å².